The van der Waals surface area contributed by atoms with Crippen LogP contribution in [0, 0.1) is 0 Å². The largest absolute Gasteiger partial charge is 0.337 e. The Hall–Kier alpha value is 0.0200. The molecule has 2 rings (SSSR count). The number of rotatable bonds is 2. The summed E-state index contributed by atoms with van der Waals surface area (Å²) in [6.07, 6.45) is 2.88. The van der Waals surface area contributed by atoms with Crippen molar-refractivity contribution in [3.63, 3.8) is 0 Å². The van der Waals surface area contributed by atoms with Crippen molar-refractivity contribution >= 4 is 54.9 Å². The zero-order chi connectivity index (χ0) is 13.3. The zero-order valence-electron chi connectivity index (χ0n) is 9.64. The molecule has 0 spiro atoms. The molecule has 1 aromatic rings. The van der Waals surface area contributed by atoms with Crippen LogP contribution in [0.15, 0.2) is 16.7 Å². The van der Waals surface area contributed by atoms with E-state index in [0.717, 1.165) is 10.2 Å². The van der Waals surface area contributed by atoms with E-state index in [1.165, 1.54) is 6.26 Å². The molecule has 0 saturated carbocycles. The second-order valence-electron chi connectivity index (χ2n) is 4.01. The molecule has 1 unspecified atom stereocenters. The highest BCUT2D eigenvalue weighted by Gasteiger charge is 2.32. The summed E-state index contributed by atoms with van der Waals surface area (Å²) in [6.45, 7) is 0.636. The molecule has 0 bridgehead atoms. The van der Waals surface area contributed by atoms with Gasteiger partial charge in [-0.15, -0.1) is 0 Å². The molecule has 18 heavy (non-hydrogen) atoms. The molecule has 0 radical (unpaired) electrons. The van der Waals surface area contributed by atoms with E-state index < -0.39 is 15.2 Å². The van der Waals surface area contributed by atoms with Gasteiger partial charge in [0.2, 0.25) is 0 Å². The van der Waals surface area contributed by atoms with Gasteiger partial charge in [-0.05, 0) is 22.0 Å². The Balaban J connectivity index is 2.40. The average molecular weight is 372 g/mol. The Morgan fingerprint density at radius 2 is 2.33 bits per heavy atom. The molecular formula is C10H12BrClN2O2S2. The van der Waals surface area contributed by atoms with Gasteiger partial charge in [0.15, 0.2) is 9.84 Å². The molecule has 0 aromatic carbocycles. The number of hydrogen-bond donors (Lipinski definition) is 0. The van der Waals surface area contributed by atoms with Crippen LogP contribution >= 0.6 is 39.3 Å². The summed E-state index contributed by atoms with van der Waals surface area (Å²) in [5, 5.41) is -0.0904. The Morgan fingerprint density at radius 1 is 1.61 bits per heavy atom. The third kappa shape index (κ3) is 3.12. The average Bonchev–Trinajstić information content (AvgIpc) is 2.28. The standard InChI is InChI=1S/C10H12BrClN2O2S2/c1-18(15,16)9-6-17-3-2-14(9)10-8(12)4-7(11)5-13-10/h4-5,9H,2-3,6H2,1H3. The van der Waals surface area contributed by atoms with Gasteiger partial charge in [-0.1, -0.05) is 11.6 Å². The lowest BCUT2D eigenvalue weighted by molar-refractivity contribution is 0.583. The molecule has 4 nitrogen and oxygen atoms in total. The minimum absolute atomic E-state index is 0.463. The third-order valence-electron chi connectivity index (χ3n) is 2.64. The van der Waals surface area contributed by atoms with Gasteiger partial charge in [0.05, 0.1) is 5.02 Å². The van der Waals surface area contributed by atoms with Gasteiger partial charge in [0.1, 0.15) is 11.2 Å². The predicted octanol–water partition coefficient (Wildman–Crippen LogP) is 2.42. The number of thioether (sulfide) groups is 1. The number of aromatic nitrogens is 1. The fraction of sp³-hybridized carbons (Fsp3) is 0.500. The normalized spacial score (nSPS) is 21.1. The molecule has 2 heterocycles. The number of pyridine rings is 1. The van der Waals surface area contributed by atoms with Crippen molar-refractivity contribution in [2.45, 2.75) is 5.37 Å². The van der Waals surface area contributed by atoms with Crippen LogP contribution in [-0.4, -0.2) is 43.1 Å². The number of nitrogens with zero attached hydrogens (tertiary/aromatic N) is 2. The summed E-state index contributed by atoms with van der Waals surface area (Å²) in [5.74, 6) is 1.96. The van der Waals surface area contributed by atoms with E-state index >= 15 is 0 Å². The predicted molar refractivity (Wildman–Crippen MR) is 80.2 cm³/mol. The molecule has 1 fully saturated rings. The number of anilines is 1. The van der Waals surface area contributed by atoms with Gasteiger partial charge >= 0.3 is 0 Å². The summed E-state index contributed by atoms with van der Waals surface area (Å²) in [7, 11) is -3.16. The minimum Gasteiger partial charge on any atom is -0.337 e. The van der Waals surface area contributed by atoms with Crippen molar-refractivity contribution < 1.29 is 8.42 Å². The summed E-state index contributed by atoms with van der Waals surface area (Å²) in [4.78, 5) is 6.02. The van der Waals surface area contributed by atoms with Crippen LogP contribution < -0.4 is 4.90 Å². The van der Waals surface area contributed by atoms with Crippen LogP contribution in [0.2, 0.25) is 5.02 Å². The first-order valence-corrected chi connectivity index (χ1v) is 9.52. The maximum Gasteiger partial charge on any atom is 0.169 e. The van der Waals surface area contributed by atoms with Crippen molar-refractivity contribution in [3.05, 3.63) is 21.8 Å². The van der Waals surface area contributed by atoms with Crippen molar-refractivity contribution in [3.8, 4) is 0 Å². The lowest BCUT2D eigenvalue weighted by Crippen LogP contribution is -2.47. The molecule has 1 atom stereocenters. The van der Waals surface area contributed by atoms with Crippen LogP contribution in [0.3, 0.4) is 0 Å². The second-order valence-corrected chi connectivity index (χ2v) is 8.69. The molecule has 0 N–H and O–H groups in total. The van der Waals surface area contributed by atoms with Crippen LogP contribution in [0.4, 0.5) is 5.82 Å². The Kier molecular flexibility index (Phi) is 4.46. The van der Waals surface area contributed by atoms with Crippen molar-refractivity contribution in [1.29, 1.82) is 0 Å². The fourth-order valence-corrected chi connectivity index (χ4v) is 5.35. The Labute approximate surface area is 124 Å². The van der Waals surface area contributed by atoms with E-state index in [9.17, 15) is 8.42 Å². The first-order valence-electron chi connectivity index (χ1n) is 5.24. The second kappa shape index (κ2) is 5.56. The highest BCUT2D eigenvalue weighted by molar-refractivity contribution is 9.10. The molecular weight excluding hydrogens is 360 g/mol. The first kappa shape index (κ1) is 14.4. The number of sulfone groups is 1. The highest BCUT2D eigenvalue weighted by Crippen LogP contribution is 2.31. The highest BCUT2D eigenvalue weighted by atomic mass is 79.9. The smallest absolute Gasteiger partial charge is 0.169 e. The van der Waals surface area contributed by atoms with Gasteiger partial charge in [-0.3, -0.25) is 0 Å². The summed E-state index contributed by atoms with van der Waals surface area (Å²) >= 11 is 11.1. The van der Waals surface area contributed by atoms with Gasteiger partial charge in [-0.25, -0.2) is 13.4 Å². The Bertz CT molecular complexity index is 553. The van der Waals surface area contributed by atoms with Crippen LogP contribution in [0.25, 0.3) is 0 Å². The fourth-order valence-electron chi connectivity index (χ4n) is 1.80. The monoisotopic (exact) mass is 370 g/mol. The molecule has 8 heteroatoms. The molecule has 100 valence electrons. The molecule has 1 aliphatic rings. The zero-order valence-corrected chi connectivity index (χ0v) is 13.6. The molecule has 1 saturated heterocycles. The number of hydrogen-bond acceptors (Lipinski definition) is 5. The summed E-state index contributed by atoms with van der Waals surface area (Å²) in [6, 6.07) is 1.73. The van der Waals surface area contributed by atoms with E-state index in [1.807, 2.05) is 0 Å². The van der Waals surface area contributed by atoms with Crippen LogP contribution in [-0.2, 0) is 9.84 Å². The molecule has 1 aromatic heterocycles. The number of halogens is 2. The SMILES string of the molecule is CS(=O)(=O)C1CSCCN1c1ncc(Br)cc1Cl. The maximum atomic E-state index is 11.8. The summed E-state index contributed by atoms with van der Waals surface area (Å²) in [5.41, 5.74) is 0. The van der Waals surface area contributed by atoms with E-state index in [1.54, 1.807) is 28.9 Å². The lowest BCUT2D eigenvalue weighted by atomic mass is 10.4. The van der Waals surface area contributed by atoms with E-state index in [2.05, 4.69) is 20.9 Å². The van der Waals surface area contributed by atoms with Crippen LogP contribution in [0.5, 0.6) is 0 Å². The quantitative estimate of drug-likeness (QED) is 0.799. The first-order chi connectivity index (χ1) is 8.39. The van der Waals surface area contributed by atoms with Gasteiger partial charge in [0.25, 0.3) is 0 Å². The molecule has 0 amide bonds. The minimum atomic E-state index is -3.16. The van der Waals surface area contributed by atoms with Crippen molar-refractivity contribution in [2.24, 2.45) is 0 Å². The van der Waals surface area contributed by atoms with E-state index in [-0.39, 0.29) is 0 Å². The summed E-state index contributed by atoms with van der Waals surface area (Å²) < 4.78 is 24.4. The van der Waals surface area contributed by atoms with E-state index in [4.69, 9.17) is 11.6 Å². The van der Waals surface area contributed by atoms with Crippen molar-refractivity contribution in [2.75, 3.05) is 29.2 Å². The van der Waals surface area contributed by atoms with Gasteiger partial charge in [0, 0.05) is 35.0 Å². The topological polar surface area (TPSA) is 50.3 Å². The molecule has 1 aliphatic heterocycles. The van der Waals surface area contributed by atoms with E-state index in [0.29, 0.717) is 23.1 Å². The Morgan fingerprint density at radius 3 is 2.94 bits per heavy atom. The van der Waals surface area contributed by atoms with Gasteiger partial charge in [-0.2, -0.15) is 11.8 Å². The molecule has 0 aliphatic carbocycles. The third-order valence-corrected chi connectivity index (χ3v) is 5.99. The lowest BCUT2D eigenvalue weighted by Gasteiger charge is -2.35. The van der Waals surface area contributed by atoms with Gasteiger partial charge < -0.3 is 4.90 Å². The van der Waals surface area contributed by atoms with Crippen LogP contribution in [0.1, 0.15) is 0 Å². The van der Waals surface area contributed by atoms with Crippen molar-refractivity contribution in [1.82, 2.24) is 4.98 Å². The maximum absolute atomic E-state index is 11.8.